The molecule has 170 valence electrons. The van der Waals surface area contributed by atoms with Gasteiger partial charge < -0.3 is 4.90 Å². The van der Waals surface area contributed by atoms with E-state index < -0.39 is 0 Å². The van der Waals surface area contributed by atoms with Crippen molar-refractivity contribution in [3.05, 3.63) is 144 Å². The Hall–Kier alpha value is -4.62. The van der Waals surface area contributed by atoms with Crippen LogP contribution in [0.3, 0.4) is 0 Å². The lowest BCUT2D eigenvalue weighted by molar-refractivity contribution is 0.676. The second-order valence-corrected chi connectivity index (χ2v) is 8.50. The molecule has 1 aromatic heterocycles. The minimum Gasteiger partial charge on any atom is -0.345 e. The van der Waals surface area contributed by atoms with E-state index in [9.17, 15) is 5.26 Å². The summed E-state index contributed by atoms with van der Waals surface area (Å²) in [5.41, 5.74) is 5.91. The van der Waals surface area contributed by atoms with Gasteiger partial charge in [0.2, 0.25) is 0 Å². The Morgan fingerprint density at radius 2 is 1.09 bits per heavy atom. The summed E-state index contributed by atoms with van der Waals surface area (Å²) in [4.78, 5) is 2.21. The predicted molar refractivity (Wildman–Crippen MR) is 141 cm³/mol. The molecule has 0 bridgehead atoms. The van der Waals surface area contributed by atoms with Gasteiger partial charge in [0.05, 0.1) is 12.2 Å². The number of anilines is 1. The van der Waals surface area contributed by atoms with Gasteiger partial charge in [-0.3, -0.25) is 4.68 Å². The molecule has 0 unspecified atom stereocenters. The highest BCUT2D eigenvalue weighted by Crippen LogP contribution is 2.33. The molecular formula is C31H26N4. The summed E-state index contributed by atoms with van der Waals surface area (Å²) in [6, 6.07) is 43.5. The van der Waals surface area contributed by atoms with Gasteiger partial charge in [-0.05, 0) is 16.7 Å². The van der Waals surface area contributed by atoms with E-state index >= 15 is 0 Å². The van der Waals surface area contributed by atoms with Crippen molar-refractivity contribution in [2.75, 3.05) is 4.90 Å². The van der Waals surface area contributed by atoms with Crippen LogP contribution >= 0.6 is 0 Å². The van der Waals surface area contributed by atoms with E-state index in [4.69, 9.17) is 5.10 Å². The van der Waals surface area contributed by atoms with Crippen molar-refractivity contribution < 1.29 is 0 Å². The molecule has 4 heteroatoms. The Balaban J connectivity index is 1.64. The molecule has 4 nitrogen and oxygen atoms in total. The SMILES string of the molecule is N#Cc1c(N(Cc2ccccc2)Cc2ccccc2)nn(Cc2ccccc2)c1-c1ccccc1. The molecule has 1 heterocycles. The van der Waals surface area contributed by atoms with Crippen LogP contribution in [-0.2, 0) is 19.6 Å². The first-order valence-corrected chi connectivity index (χ1v) is 11.7. The number of aromatic nitrogens is 2. The molecule has 0 saturated carbocycles. The summed E-state index contributed by atoms with van der Waals surface area (Å²) in [5.74, 6) is 0.704. The monoisotopic (exact) mass is 454 g/mol. The van der Waals surface area contributed by atoms with Crippen molar-refractivity contribution in [2.45, 2.75) is 19.6 Å². The number of rotatable bonds is 8. The van der Waals surface area contributed by atoms with Gasteiger partial charge in [0.25, 0.3) is 0 Å². The van der Waals surface area contributed by atoms with Crippen molar-refractivity contribution >= 4 is 5.82 Å². The summed E-state index contributed by atoms with van der Waals surface area (Å²) in [5, 5.41) is 15.5. The highest BCUT2D eigenvalue weighted by molar-refractivity contribution is 5.74. The zero-order valence-corrected chi connectivity index (χ0v) is 19.5. The van der Waals surface area contributed by atoms with Crippen LogP contribution in [0.2, 0.25) is 0 Å². The van der Waals surface area contributed by atoms with Gasteiger partial charge in [0.15, 0.2) is 5.82 Å². The molecule has 0 amide bonds. The minimum atomic E-state index is 0.588. The molecule has 0 aliphatic carbocycles. The first-order chi connectivity index (χ1) is 17.3. The van der Waals surface area contributed by atoms with Gasteiger partial charge in [-0.1, -0.05) is 121 Å². The molecule has 0 saturated heterocycles. The van der Waals surface area contributed by atoms with E-state index in [-0.39, 0.29) is 0 Å². The first kappa shape index (κ1) is 22.2. The Bertz CT molecular complexity index is 1360. The van der Waals surface area contributed by atoms with Crippen molar-refractivity contribution in [1.82, 2.24) is 9.78 Å². The van der Waals surface area contributed by atoms with Crippen molar-refractivity contribution in [2.24, 2.45) is 0 Å². The normalized spacial score (nSPS) is 10.6. The van der Waals surface area contributed by atoms with E-state index in [1.54, 1.807) is 0 Å². The van der Waals surface area contributed by atoms with Gasteiger partial charge in [-0.25, -0.2) is 0 Å². The lowest BCUT2D eigenvalue weighted by atomic mass is 10.1. The summed E-state index contributed by atoms with van der Waals surface area (Å²) in [6.45, 7) is 1.90. The maximum Gasteiger partial charge on any atom is 0.169 e. The molecule has 0 radical (unpaired) electrons. The zero-order chi connectivity index (χ0) is 23.9. The largest absolute Gasteiger partial charge is 0.345 e. The van der Waals surface area contributed by atoms with Crippen LogP contribution < -0.4 is 4.90 Å². The molecule has 35 heavy (non-hydrogen) atoms. The van der Waals surface area contributed by atoms with E-state index in [1.165, 1.54) is 11.1 Å². The minimum absolute atomic E-state index is 0.588. The predicted octanol–water partition coefficient (Wildman–Crippen LogP) is 6.68. The van der Waals surface area contributed by atoms with Crippen LogP contribution in [0.4, 0.5) is 5.82 Å². The number of hydrogen-bond acceptors (Lipinski definition) is 3. The van der Waals surface area contributed by atoms with Crippen molar-refractivity contribution in [1.29, 1.82) is 5.26 Å². The summed E-state index contributed by atoms with van der Waals surface area (Å²) < 4.78 is 1.97. The molecule has 0 N–H and O–H groups in total. The number of hydrogen-bond donors (Lipinski definition) is 0. The topological polar surface area (TPSA) is 44.9 Å². The van der Waals surface area contributed by atoms with Gasteiger partial charge in [-0.15, -0.1) is 0 Å². The lowest BCUT2D eigenvalue weighted by Crippen LogP contribution is -2.23. The number of nitriles is 1. The van der Waals surface area contributed by atoms with E-state index in [0.717, 1.165) is 16.8 Å². The molecule has 0 atom stereocenters. The Morgan fingerprint density at radius 3 is 1.57 bits per heavy atom. The van der Waals surface area contributed by atoms with E-state index in [2.05, 4.69) is 47.4 Å². The second kappa shape index (κ2) is 10.5. The zero-order valence-electron chi connectivity index (χ0n) is 19.5. The third kappa shape index (κ3) is 5.15. The fourth-order valence-electron chi connectivity index (χ4n) is 4.35. The summed E-state index contributed by atoms with van der Waals surface area (Å²) in [7, 11) is 0. The summed E-state index contributed by atoms with van der Waals surface area (Å²) in [6.07, 6.45) is 0. The van der Waals surface area contributed by atoms with Gasteiger partial charge in [0, 0.05) is 18.7 Å². The molecule has 0 aliphatic rings. The quantitative estimate of drug-likeness (QED) is 0.263. The van der Waals surface area contributed by atoms with Crippen molar-refractivity contribution in [3.8, 4) is 17.3 Å². The first-order valence-electron chi connectivity index (χ1n) is 11.7. The summed E-state index contributed by atoms with van der Waals surface area (Å²) >= 11 is 0. The van der Waals surface area contributed by atoms with Crippen molar-refractivity contribution in [3.63, 3.8) is 0 Å². The molecule has 5 aromatic rings. The molecular weight excluding hydrogens is 428 g/mol. The maximum atomic E-state index is 10.4. The smallest absolute Gasteiger partial charge is 0.169 e. The standard InChI is InChI=1S/C31H26N4/c32-21-29-30(28-19-11-4-12-20-28)35(24-27-17-9-3-10-18-27)33-31(29)34(22-25-13-5-1-6-14-25)23-26-15-7-2-8-16-26/h1-20H,22-24H2. The lowest BCUT2D eigenvalue weighted by Gasteiger charge is -2.23. The molecule has 0 aliphatic heterocycles. The van der Waals surface area contributed by atoms with Gasteiger partial charge in [-0.2, -0.15) is 10.4 Å². The molecule has 4 aromatic carbocycles. The maximum absolute atomic E-state index is 10.4. The fraction of sp³-hybridized carbons (Fsp3) is 0.0968. The van der Waals surface area contributed by atoms with Crippen LogP contribution in [0.15, 0.2) is 121 Å². The molecule has 0 spiro atoms. The Labute approximate surface area is 206 Å². The van der Waals surface area contributed by atoms with Gasteiger partial charge in [0.1, 0.15) is 11.6 Å². The number of nitrogens with zero attached hydrogens (tertiary/aromatic N) is 4. The van der Waals surface area contributed by atoms with Crippen LogP contribution in [0.1, 0.15) is 22.3 Å². The highest BCUT2D eigenvalue weighted by atomic mass is 15.4. The second-order valence-electron chi connectivity index (χ2n) is 8.50. The van der Waals surface area contributed by atoms with Crippen LogP contribution in [-0.4, -0.2) is 9.78 Å². The Morgan fingerprint density at radius 1 is 0.629 bits per heavy atom. The van der Waals surface area contributed by atoms with E-state index in [1.807, 2.05) is 89.6 Å². The van der Waals surface area contributed by atoms with E-state index in [0.29, 0.717) is 31.0 Å². The van der Waals surface area contributed by atoms with Gasteiger partial charge >= 0.3 is 0 Å². The Kier molecular flexibility index (Phi) is 6.68. The third-order valence-electron chi connectivity index (χ3n) is 6.00. The molecule has 5 rings (SSSR count). The van der Waals surface area contributed by atoms with Crippen LogP contribution in [0.5, 0.6) is 0 Å². The average Bonchev–Trinajstić information content (AvgIpc) is 3.28. The van der Waals surface area contributed by atoms with Crippen LogP contribution in [0, 0.1) is 11.3 Å². The fourth-order valence-corrected chi connectivity index (χ4v) is 4.35. The highest BCUT2D eigenvalue weighted by Gasteiger charge is 2.24. The average molecular weight is 455 g/mol. The molecule has 0 fully saturated rings. The third-order valence-corrected chi connectivity index (χ3v) is 6.00. The van der Waals surface area contributed by atoms with Crippen LogP contribution in [0.25, 0.3) is 11.3 Å². The number of benzene rings is 4.